The number of benzene rings is 1. The lowest BCUT2D eigenvalue weighted by Gasteiger charge is -2.28. The lowest BCUT2D eigenvalue weighted by molar-refractivity contribution is 0.0697. The fraction of sp³-hybridized carbons (Fsp3) is 0.562. The first-order valence-corrected chi connectivity index (χ1v) is 10.1. The van der Waals surface area contributed by atoms with Gasteiger partial charge in [0.15, 0.2) is 9.84 Å². The van der Waals surface area contributed by atoms with Gasteiger partial charge in [0, 0.05) is 24.7 Å². The summed E-state index contributed by atoms with van der Waals surface area (Å²) in [5, 5.41) is 8.16. The highest BCUT2D eigenvalue weighted by molar-refractivity contribution is 7.91. The Balaban J connectivity index is 1.90. The highest BCUT2D eigenvalue weighted by atomic mass is 32.2. The first-order chi connectivity index (χ1) is 11.4. The van der Waals surface area contributed by atoms with Crippen LogP contribution in [-0.2, 0) is 16.4 Å². The van der Waals surface area contributed by atoms with E-state index < -0.39 is 9.84 Å². The van der Waals surface area contributed by atoms with Gasteiger partial charge in [-0.2, -0.15) is 0 Å². The number of hydrogen-bond donors (Lipinski definition) is 0. The van der Waals surface area contributed by atoms with Crippen LogP contribution in [0.15, 0.2) is 18.2 Å². The third kappa shape index (κ3) is 3.15. The summed E-state index contributed by atoms with van der Waals surface area (Å²) in [6.07, 6.45) is 1.30. The second kappa shape index (κ2) is 6.51. The monoisotopic (exact) mass is 350 g/mol. The third-order valence-corrected chi connectivity index (χ3v) is 6.19. The molecule has 1 aromatic heterocycles. The van der Waals surface area contributed by atoms with Gasteiger partial charge in [-0.05, 0) is 38.0 Å². The molecule has 1 atom stereocenters. The summed E-state index contributed by atoms with van der Waals surface area (Å²) in [5.41, 5.74) is 2.10. The molecule has 0 bridgehead atoms. The number of rotatable bonds is 5. The van der Waals surface area contributed by atoms with Gasteiger partial charge in [-0.25, -0.2) is 13.1 Å². The molecule has 7 nitrogen and oxygen atoms in total. The molecule has 130 valence electrons. The predicted molar refractivity (Wildman–Crippen MR) is 91.6 cm³/mol. The van der Waals surface area contributed by atoms with E-state index in [1.54, 1.807) is 21.7 Å². The Morgan fingerprint density at radius 2 is 2.17 bits per heavy atom. The Morgan fingerprint density at radius 3 is 2.79 bits per heavy atom. The summed E-state index contributed by atoms with van der Waals surface area (Å²) in [7, 11) is -3.03. The fourth-order valence-corrected chi connectivity index (χ4v) is 4.95. The molecular weight excluding hydrogens is 328 g/mol. The molecular formula is C16H22N4O3S. The van der Waals surface area contributed by atoms with Gasteiger partial charge < -0.3 is 4.90 Å². The maximum atomic E-state index is 12.9. The minimum Gasteiger partial charge on any atom is -0.335 e. The molecule has 1 saturated heterocycles. The van der Waals surface area contributed by atoms with Crippen LogP contribution in [0.3, 0.4) is 0 Å². The van der Waals surface area contributed by atoms with Gasteiger partial charge in [-0.15, -0.1) is 5.10 Å². The van der Waals surface area contributed by atoms with Crippen LogP contribution >= 0.6 is 0 Å². The standard InChI is InChI=1S/C16H22N4O3S/c1-3-8-19(13-7-9-24(22,23)11-13)16(21)12-5-6-15-14(10-12)17-18-20(15)4-2/h5-6,10,13H,3-4,7-9,11H2,1-2H3/t13-/m0/s1. The number of nitrogens with zero attached hydrogens (tertiary/aromatic N) is 4. The SMILES string of the molecule is CCCN(C(=O)c1ccc2c(c1)nnn2CC)[C@H]1CCS(=O)(=O)C1. The quantitative estimate of drug-likeness (QED) is 0.815. The van der Waals surface area contributed by atoms with E-state index in [0.717, 1.165) is 11.9 Å². The van der Waals surface area contributed by atoms with Crippen LogP contribution in [0.5, 0.6) is 0 Å². The van der Waals surface area contributed by atoms with Crippen molar-refractivity contribution in [3.63, 3.8) is 0 Å². The van der Waals surface area contributed by atoms with Gasteiger partial charge in [0.2, 0.25) is 0 Å². The maximum Gasteiger partial charge on any atom is 0.254 e. The molecule has 1 aromatic carbocycles. The van der Waals surface area contributed by atoms with Crippen LogP contribution in [0.1, 0.15) is 37.0 Å². The molecule has 8 heteroatoms. The summed E-state index contributed by atoms with van der Waals surface area (Å²) in [6.45, 7) is 5.24. The first kappa shape index (κ1) is 16.9. The van der Waals surface area contributed by atoms with Crippen LogP contribution in [-0.4, -0.2) is 58.3 Å². The number of carbonyl (C=O) groups is 1. The average Bonchev–Trinajstić information content (AvgIpc) is 3.13. The summed E-state index contributed by atoms with van der Waals surface area (Å²) >= 11 is 0. The van der Waals surface area contributed by atoms with Crippen molar-refractivity contribution >= 4 is 26.8 Å². The van der Waals surface area contributed by atoms with E-state index in [4.69, 9.17) is 0 Å². The summed E-state index contributed by atoms with van der Waals surface area (Å²) < 4.78 is 25.3. The third-order valence-electron chi connectivity index (χ3n) is 4.43. The molecule has 3 rings (SSSR count). The van der Waals surface area contributed by atoms with Gasteiger partial charge in [0.1, 0.15) is 5.52 Å². The molecule has 2 aromatic rings. The fourth-order valence-electron chi connectivity index (χ4n) is 3.22. The zero-order chi connectivity index (χ0) is 17.3. The van der Waals surface area contributed by atoms with E-state index >= 15 is 0 Å². The van der Waals surface area contributed by atoms with Gasteiger partial charge in [0.05, 0.1) is 17.0 Å². The summed E-state index contributed by atoms with van der Waals surface area (Å²) in [4.78, 5) is 14.6. The number of aromatic nitrogens is 3. The van der Waals surface area contributed by atoms with E-state index in [1.165, 1.54) is 0 Å². The second-order valence-electron chi connectivity index (χ2n) is 6.16. The average molecular weight is 350 g/mol. The van der Waals surface area contributed by atoms with Gasteiger partial charge >= 0.3 is 0 Å². The van der Waals surface area contributed by atoms with Crippen LogP contribution in [0, 0.1) is 0 Å². The molecule has 1 aliphatic heterocycles. The highest BCUT2D eigenvalue weighted by Crippen LogP contribution is 2.22. The van der Waals surface area contributed by atoms with Crippen LogP contribution < -0.4 is 0 Å². The lowest BCUT2D eigenvalue weighted by Crippen LogP contribution is -2.41. The molecule has 0 saturated carbocycles. The van der Waals surface area contributed by atoms with E-state index in [2.05, 4.69) is 10.3 Å². The Kier molecular flexibility index (Phi) is 4.58. The van der Waals surface area contributed by atoms with Crippen molar-refractivity contribution in [2.75, 3.05) is 18.1 Å². The van der Waals surface area contributed by atoms with Crippen LogP contribution in [0.25, 0.3) is 11.0 Å². The Labute approximate surface area is 141 Å². The second-order valence-corrected chi connectivity index (χ2v) is 8.39. The first-order valence-electron chi connectivity index (χ1n) is 8.30. The minimum atomic E-state index is -3.03. The zero-order valence-corrected chi connectivity index (χ0v) is 14.8. The molecule has 2 heterocycles. The maximum absolute atomic E-state index is 12.9. The topological polar surface area (TPSA) is 85.2 Å². The van der Waals surface area contributed by atoms with Crippen molar-refractivity contribution < 1.29 is 13.2 Å². The Hall–Kier alpha value is -1.96. The van der Waals surface area contributed by atoms with Gasteiger partial charge in [-0.3, -0.25) is 4.79 Å². The Morgan fingerprint density at radius 1 is 1.38 bits per heavy atom. The van der Waals surface area contributed by atoms with E-state index in [1.807, 2.05) is 19.9 Å². The number of aryl methyl sites for hydroxylation is 1. The van der Waals surface area contributed by atoms with Crippen molar-refractivity contribution in [2.24, 2.45) is 0 Å². The molecule has 0 N–H and O–H groups in total. The van der Waals surface area contributed by atoms with E-state index in [-0.39, 0.29) is 23.5 Å². The summed E-state index contributed by atoms with van der Waals surface area (Å²) in [5.74, 6) is 0.0917. The highest BCUT2D eigenvalue weighted by Gasteiger charge is 2.34. The molecule has 1 aliphatic rings. The van der Waals surface area contributed by atoms with Crippen molar-refractivity contribution in [3.05, 3.63) is 23.8 Å². The van der Waals surface area contributed by atoms with Crippen molar-refractivity contribution in [3.8, 4) is 0 Å². The normalized spacial score (nSPS) is 19.7. The molecule has 24 heavy (non-hydrogen) atoms. The predicted octanol–water partition coefficient (Wildman–Crippen LogP) is 1.49. The largest absolute Gasteiger partial charge is 0.335 e. The molecule has 0 unspecified atom stereocenters. The number of hydrogen-bond acceptors (Lipinski definition) is 5. The van der Waals surface area contributed by atoms with E-state index in [9.17, 15) is 13.2 Å². The molecule has 0 radical (unpaired) electrons. The van der Waals surface area contributed by atoms with Crippen LogP contribution in [0.2, 0.25) is 0 Å². The van der Waals surface area contributed by atoms with Crippen molar-refractivity contribution in [2.45, 2.75) is 39.3 Å². The Bertz CT molecular complexity index is 859. The smallest absolute Gasteiger partial charge is 0.254 e. The summed E-state index contributed by atoms with van der Waals surface area (Å²) in [6, 6.07) is 5.13. The lowest BCUT2D eigenvalue weighted by atomic mass is 10.1. The number of carbonyl (C=O) groups excluding carboxylic acids is 1. The molecule has 0 spiro atoms. The van der Waals surface area contributed by atoms with Crippen LogP contribution in [0.4, 0.5) is 0 Å². The number of fused-ring (bicyclic) bond motifs is 1. The van der Waals surface area contributed by atoms with Gasteiger partial charge in [-0.1, -0.05) is 12.1 Å². The zero-order valence-electron chi connectivity index (χ0n) is 14.0. The minimum absolute atomic E-state index is 0.0625. The van der Waals surface area contributed by atoms with Gasteiger partial charge in [0.25, 0.3) is 5.91 Å². The van der Waals surface area contributed by atoms with Crippen molar-refractivity contribution in [1.82, 2.24) is 19.9 Å². The molecule has 1 fully saturated rings. The molecule has 0 aliphatic carbocycles. The number of sulfone groups is 1. The molecule has 1 amide bonds. The number of amides is 1. The van der Waals surface area contributed by atoms with Crippen molar-refractivity contribution in [1.29, 1.82) is 0 Å². The van der Waals surface area contributed by atoms with E-state index in [0.29, 0.717) is 30.6 Å².